The lowest BCUT2D eigenvalue weighted by molar-refractivity contribution is -0.143. The normalized spacial score (nSPS) is 21.2. The molecule has 1 aliphatic carbocycles. The van der Waals surface area contributed by atoms with Gasteiger partial charge in [-0.05, 0) is 59.2 Å². The van der Waals surface area contributed by atoms with Crippen molar-refractivity contribution in [3.05, 3.63) is 94.3 Å². The van der Waals surface area contributed by atoms with E-state index in [4.69, 9.17) is 28.3 Å². The molecule has 10 bridgehead atoms. The van der Waals surface area contributed by atoms with Gasteiger partial charge in [-0.3, -0.25) is 9.59 Å². The molecule has 1 spiro atoms. The van der Waals surface area contributed by atoms with Crippen LogP contribution in [0.5, 0.6) is 11.5 Å². The Balaban J connectivity index is 1.31. The zero-order chi connectivity index (χ0) is 40.4. The molecule has 6 aromatic rings. The number of amides is 2. The largest absolute Gasteiger partial charge is 0.507 e. The molecule has 10 rings (SSSR count). The number of hydrogen-bond acceptors (Lipinski definition) is 11. The Morgan fingerprint density at radius 2 is 1.86 bits per heavy atom. The second-order valence-corrected chi connectivity index (χ2v) is 16.0. The first-order chi connectivity index (χ1) is 27.9. The predicted octanol–water partition coefficient (Wildman–Crippen LogP) is 6.01. The van der Waals surface area contributed by atoms with E-state index in [9.17, 15) is 24.6 Å². The maximum atomic E-state index is 14.4. The number of aromatic amines is 1. The molecule has 0 saturated carbocycles. The minimum absolute atomic E-state index is 0.0216. The molecule has 296 valence electrons. The molecule has 3 aromatic carbocycles. The summed E-state index contributed by atoms with van der Waals surface area (Å²) in [5.41, 5.74) is 2.97. The third-order valence-corrected chi connectivity index (χ3v) is 12.6. The van der Waals surface area contributed by atoms with Crippen molar-refractivity contribution in [3.8, 4) is 45.5 Å². The number of carbonyl (C=O) groups excluding carboxylic acids is 3. The molecule has 58 heavy (non-hydrogen) atoms. The van der Waals surface area contributed by atoms with Gasteiger partial charge in [0.15, 0.2) is 22.9 Å². The van der Waals surface area contributed by atoms with Crippen LogP contribution < -0.4 is 15.4 Å². The molecular formula is C44H41N5O9. The number of aromatic hydroxyl groups is 1. The maximum absolute atomic E-state index is 14.4. The van der Waals surface area contributed by atoms with Crippen LogP contribution in [-0.2, 0) is 32.6 Å². The number of rotatable bonds is 6. The van der Waals surface area contributed by atoms with Gasteiger partial charge in [0.05, 0.1) is 7.11 Å². The summed E-state index contributed by atoms with van der Waals surface area (Å²) in [7, 11) is 1.26. The first-order valence-corrected chi connectivity index (χ1v) is 19.6. The van der Waals surface area contributed by atoms with Crippen LogP contribution in [0.1, 0.15) is 91.0 Å². The van der Waals surface area contributed by atoms with Crippen LogP contribution in [0.2, 0.25) is 0 Å². The summed E-state index contributed by atoms with van der Waals surface area (Å²) >= 11 is 0. The van der Waals surface area contributed by atoms with E-state index < -0.39 is 47.0 Å². The van der Waals surface area contributed by atoms with E-state index in [0.29, 0.717) is 40.0 Å². The lowest BCUT2D eigenvalue weighted by Gasteiger charge is -2.30. The third kappa shape index (κ3) is 4.77. The molecule has 2 amide bonds. The number of aliphatic hydroxyl groups is 1. The molecule has 1 unspecified atom stereocenters. The number of fused-ring (bicyclic) bond motifs is 7. The Morgan fingerprint density at radius 3 is 2.62 bits per heavy atom. The van der Waals surface area contributed by atoms with Crippen LogP contribution in [0.25, 0.3) is 44.9 Å². The van der Waals surface area contributed by atoms with E-state index in [1.165, 1.54) is 7.11 Å². The molecule has 3 aliphatic heterocycles. The van der Waals surface area contributed by atoms with Crippen molar-refractivity contribution in [2.24, 2.45) is 5.92 Å². The van der Waals surface area contributed by atoms with E-state index >= 15 is 0 Å². The molecule has 14 heteroatoms. The Bertz CT molecular complexity index is 2740. The molecule has 6 heterocycles. The van der Waals surface area contributed by atoms with Crippen molar-refractivity contribution in [2.45, 2.75) is 82.6 Å². The highest BCUT2D eigenvalue weighted by Gasteiger charge is 2.61. The summed E-state index contributed by atoms with van der Waals surface area (Å²) in [6, 6.07) is 13.2. The number of oxazole rings is 2. The van der Waals surface area contributed by atoms with Crippen molar-refractivity contribution < 1.29 is 42.9 Å². The van der Waals surface area contributed by atoms with Crippen LogP contribution in [0.15, 0.2) is 63.6 Å². The summed E-state index contributed by atoms with van der Waals surface area (Å²) in [5.74, 6) is -0.940. The van der Waals surface area contributed by atoms with E-state index in [-0.39, 0.29) is 59.9 Å². The van der Waals surface area contributed by atoms with Gasteiger partial charge in [0.25, 0.3) is 5.91 Å². The molecule has 0 radical (unpaired) electrons. The van der Waals surface area contributed by atoms with Crippen LogP contribution in [0.3, 0.4) is 0 Å². The number of ether oxygens (including phenoxy) is 2. The van der Waals surface area contributed by atoms with Crippen molar-refractivity contribution in [1.29, 1.82) is 0 Å². The SMILES string of the molecule is CCC(O)(CC)C(=O)N[C@H]1Cc2ccc3c(c2)C24c5cccc(c5C[C@H]2O3)-c2c(O)ccc3[nH]cc(c23)-c2oc(nc2C(=O)OC)-c2nc(oc24)[C@H](C(C)C)NC1=O. The highest BCUT2D eigenvalue weighted by atomic mass is 16.5. The van der Waals surface area contributed by atoms with Gasteiger partial charge in [-0.15, -0.1) is 0 Å². The average molecular weight is 784 g/mol. The summed E-state index contributed by atoms with van der Waals surface area (Å²) in [4.78, 5) is 54.7. The molecule has 3 aromatic heterocycles. The number of hydrogen-bond donors (Lipinski definition) is 5. The van der Waals surface area contributed by atoms with Gasteiger partial charge in [0.2, 0.25) is 17.7 Å². The van der Waals surface area contributed by atoms with Crippen molar-refractivity contribution in [3.63, 3.8) is 0 Å². The first-order valence-electron chi connectivity index (χ1n) is 19.6. The number of phenolic OH excluding ortho intramolecular Hbond substituents is 1. The quantitative estimate of drug-likeness (QED) is 0.124. The highest BCUT2D eigenvalue weighted by molar-refractivity contribution is 6.10. The van der Waals surface area contributed by atoms with Gasteiger partial charge in [0, 0.05) is 46.6 Å². The fourth-order valence-electron chi connectivity index (χ4n) is 9.49. The summed E-state index contributed by atoms with van der Waals surface area (Å²) < 4.78 is 25.8. The number of esters is 1. The monoisotopic (exact) mass is 783 g/mol. The third-order valence-electron chi connectivity index (χ3n) is 12.6. The van der Waals surface area contributed by atoms with E-state index in [2.05, 4.69) is 15.6 Å². The average Bonchev–Trinajstić information content (AvgIpc) is 4.04. The molecule has 4 aliphatic rings. The molecule has 4 atom stereocenters. The van der Waals surface area contributed by atoms with Crippen molar-refractivity contribution in [2.75, 3.05) is 7.11 Å². The second kappa shape index (κ2) is 12.5. The lowest BCUT2D eigenvalue weighted by Crippen LogP contribution is -2.55. The van der Waals surface area contributed by atoms with Crippen LogP contribution >= 0.6 is 0 Å². The van der Waals surface area contributed by atoms with Crippen molar-refractivity contribution >= 4 is 28.7 Å². The Morgan fingerprint density at radius 1 is 1.05 bits per heavy atom. The Hall–Kier alpha value is -6.41. The maximum Gasteiger partial charge on any atom is 0.360 e. The smallest absolute Gasteiger partial charge is 0.360 e. The van der Waals surface area contributed by atoms with Gasteiger partial charge in [0.1, 0.15) is 40.7 Å². The summed E-state index contributed by atoms with van der Waals surface area (Å²) in [6.07, 6.45) is 1.98. The molecule has 14 nitrogen and oxygen atoms in total. The number of nitrogens with one attached hydrogen (secondary N) is 3. The zero-order valence-electron chi connectivity index (χ0n) is 32.5. The van der Waals surface area contributed by atoms with E-state index in [1.807, 2.05) is 50.2 Å². The van der Waals surface area contributed by atoms with Crippen LogP contribution in [0, 0.1) is 5.92 Å². The number of phenols is 1. The minimum atomic E-state index is -1.66. The standard InChI is InChI=1S/C44H41N5O9/c1-6-43(54,7-2)42(53)46-27-16-20-11-14-29-25(15-20)44-24-10-8-9-21(22(24)17-30(44)56-29)32-28(50)13-12-26-31(32)23(18-45-26)36-34(41(52)55-5)48-40(57-36)35-37(44)58-39(49-35)33(19(3)4)47-38(27)51/h8-15,18-19,27,30,33,45,50,54H,6-7,16-17H2,1-5H3,(H,46,53)(H,47,51)/t27-,30+,33-,44?/m0/s1. The number of carbonyl (C=O) groups is 3. The van der Waals surface area contributed by atoms with Gasteiger partial charge in [-0.1, -0.05) is 58.0 Å². The van der Waals surface area contributed by atoms with Gasteiger partial charge < -0.3 is 44.1 Å². The van der Waals surface area contributed by atoms with Crippen LogP contribution in [-0.4, -0.2) is 67.8 Å². The molecule has 0 saturated heterocycles. The number of aromatic nitrogens is 3. The molecule has 5 N–H and O–H groups in total. The summed E-state index contributed by atoms with van der Waals surface area (Å²) in [5, 5.41) is 29.5. The Kier molecular flexibility index (Phi) is 7.78. The zero-order valence-corrected chi connectivity index (χ0v) is 32.5. The second-order valence-electron chi connectivity index (χ2n) is 16.0. The lowest BCUT2D eigenvalue weighted by atomic mass is 9.71. The van der Waals surface area contributed by atoms with Gasteiger partial charge in [-0.2, -0.15) is 4.98 Å². The van der Waals surface area contributed by atoms with Gasteiger partial charge in [-0.25, -0.2) is 9.78 Å². The fourth-order valence-corrected chi connectivity index (χ4v) is 9.49. The Labute approximate surface area is 332 Å². The van der Waals surface area contributed by atoms with Crippen LogP contribution in [0.4, 0.5) is 0 Å². The van der Waals surface area contributed by atoms with Gasteiger partial charge >= 0.3 is 5.97 Å². The number of nitrogens with zero attached hydrogens (tertiary/aromatic N) is 2. The minimum Gasteiger partial charge on any atom is -0.507 e. The number of H-pyrrole nitrogens is 1. The topological polar surface area (TPSA) is 202 Å². The fraction of sp³-hybridized carbons (Fsp3) is 0.341. The predicted molar refractivity (Wildman–Crippen MR) is 209 cm³/mol. The number of methoxy groups -OCH3 is 1. The molecular weight excluding hydrogens is 743 g/mol. The van der Waals surface area contributed by atoms with E-state index in [1.54, 1.807) is 32.2 Å². The molecule has 0 fully saturated rings. The summed E-state index contributed by atoms with van der Waals surface area (Å²) in [6.45, 7) is 7.28. The highest BCUT2D eigenvalue weighted by Crippen LogP contribution is 2.61. The van der Waals surface area contributed by atoms with Crippen molar-refractivity contribution in [1.82, 2.24) is 25.6 Å². The number of benzene rings is 3. The first kappa shape index (κ1) is 36.0. The van der Waals surface area contributed by atoms with E-state index in [0.717, 1.165) is 27.8 Å².